The first-order valence-electron chi connectivity index (χ1n) is 9.96. The molecule has 5 heteroatoms. The summed E-state index contributed by atoms with van der Waals surface area (Å²) in [5.74, 6) is -0.0164. The van der Waals surface area contributed by atoms with Gasteiger partial charge in [-0.05, 0) is 63.6 Å². The van der Waals surface area contributed by atoms with Crippen molar-refractivity contribution in [2.75, 3.05) is 6.61 Å². The summed E-state index contributed by atoms with van der Waals surface area (Å²) in [5.41, 5.74) is 3.73. The smallest absolute Gasteiger partial charge is 0.255 e. The number of nitrogens with one attached hydrogen (secondary N) is 1. The standard InChI is InChI=1S/C21H31N3O2/c1-4-5-6-11-26-18-9-7-17(8-10-18)23-21(25)19-14-22-24-16(3)12-15(2)13-20(19)24/h12-14,17-18H,4-11H2,1-3H3,(H,23,25). The summed E-state index contributed by atoms with van der Waals surface area (Å²) < 4.78 is 7.80. The quantitative estimate of drug-likeness (QED) is 0.756. The van der Waals surface area contributed by atoms with Gasteiger partial charge in [0.1, 0.15) is 0 Å². The predicted molar refractivity (Wildman–Crippen MR) is 104 cm³/mol. The molecule has 0 saturated heterocycles. The van der Waals surface area contributed by atoms with E-state index in [1.54, 1.807) is 6.20 Å². The van der Waals surface area contributed by atoms with Crippen LogP contribution in [0, 0.1) is 13.8 Å². The van der Waals surface area contributed by atoms with Crippen molar-refractivity contribution < 1.29 is 9.53 Å². The molecule has 142 valence electrons. The molecule has 1 N–H and O–H groups in total. The molecule has 2 aromatic rings. The average molecular weight is 357 g/mol. The highest BCUT2D eigenvalue weighted by atomic mass is 16.5. The number of hydrogen-bond donors (Lipinski definition) is 1. The lowest BCUT2D eigenvalue weighted by Gasteiger charge is -2.29. The van der Waals surface area contributed by atoms with Crippen LogP contribution >= 0.6 is 0 Å². The Balaban J connectivity index is 1.53. The van der Waals surface area contributed by atoms with Crippen LogP contribution in [0.25, 0.3) is 5.52 Å². The maximum Gasteiger partial charge on any atom is 0.255 e. The molecule has 5 nitrogen and oxygen atoms in total. The van der Waals surface area contributed by atoms with Gasteiger partial charge in [-0.1, -0.05) is 19.8 Å². The Hall–Kier alpha value is -1.88. The molecule has 3 rings (SSSR count). The molecular formula is C21H31N3O2. The van der Waals surface area contributed by atoms with Crippen molar-refractivity contribution in [1.82, 2.24) is 14.9 Å². The molecule has 2 heterocycles. The first-order chi connectivity index (χ1) is 12.6. The highest BCUT2D eigenvalue weighted by Crippen LogP contribution is 2.23. The van der Waals surface area contributed by atoms with Crippen LogP contribution in [0.5, 0.6) is 0 Å². The minimum atomic E-state index is -0.0164. The summed E-state index contributed by atoms with van der Waals surface area (Å²) >= 11 is 0. The number of ether oxygens (including phenoxy) is 1. The van der Waals surface area contributed by atoms with Gasteiger partial charge in [0.2, 0.25) is 0 Å². The molecule has 0 bridgehead atoms. The number of carbonyl (C=O) groups excluding carboxylic acids is 1. The minimum absolute atomic E-state index is 0.0164. The number of rotatable bonds is 7. The fourth-order valence-corrected chi connectivity index (χ4v) is 3.84. The first kappa shape index (κ1) is 18.9. The number of pyridine rings is 1. The van der Waals surface area contributed by atoms with Gasteiger partial charge in [-0.2, -0.15) is 5.10 Å². The third-order valence-corrected chi connectivity index (χ3v) is 5.30. The fraction of sp³-hybridized carbons (Fsp3) is 0.619. The van der Waals surface area contributed by atoms with Gasteiger partial charge < -0.3 is 10.1 Å². The van der Waals surface area contributed by atoms with Crippen molar-refractivity contribution in [3.05, 3.63) is 35.2 Å². The molecule has 0 atom stereocenters. The third-order valence-electron chi connectivity index (χ3n) is 5.30. The van der Waals surface area contributed by atoms with Crippen molar-refractivity contribution in [2.45, 2.75) is 77.9 Å². The number of aromatic nitrogens is 2. The molecule has 0 aromatic carbocycles. The van der Waals surface area contributed by atoms with Gasteiger partial charge in [-0.25, -0.2) is 4.52 Å². The lowest BCUT2D eigenvalue weighted by Crippen LogP contribution is -2.39. The van der Waals surface area contributed by atoms with Crippen LogP contribution in [0.2, 0.25) is 0 Å². The maximum atomic E-state index is 12.7. The van der Waals surface area contributed by atoms with Gasteiger partial charge in [0.25, 0.3) is 5.91 Å². The van der Waals surface area contributed by atoms with Crippen LogP contribution in [0.1, 0.15) is 73.5 Å². The van der Waals surface area contributed by atoms with Gasteiger partial charge in [0, 0.05) is 18.3 Å². The Bertz CT molecular complexity index is 745. The van der Waals surface area contributed by atoms with Crippen molar-refractivity contribution in [1.29, 1.82) is 0 Å². The lowest BCUT2D eigenvalue weighted by atomic mass is 9.92. The topological polar surface area (TPSA) is 55.6 Å². The van der Waals surface area contributed by atoms with Crippen molar-refractivity contribution in [3.63, 3.8) is 0 Å². The van der Waals surface area contributed by atoms with E-state index in [1.807, 2.05) is 24.4 Å². The summed E-state index contributed by atoms with van der Waals surface area (Å²) in [6.07, 6.45) is 9.70. The van der Waals surface area contributed by atoms with Gasteiger partial charge >= 0.3 is 0 Å². The second kappa shape index (κ2) is 8.67. The third kappa shape index (κ3) is 4.44. The largest absolute Gasteiger partial charge is 0.378 e. The molecule has 26 heavy (non-hydrogen) atoms. The van der Waals surface area contributed by atoms with E-state index in [4.69, 9.17) is 4.74 Å². The Kier molecular flexibility index (Phi) is 6.30. The summed E-state index contributed by atoms with van der Waals surface area (Å²) in [7, 11) is 0. The molecule has 2 aromatic heterocycles. The highest BCUT2D eigenvalue weighted by Gasteiger charge is 2.24. The molecule has 1 saturated carbocycles. The summed E-state index contributed by atoms with van der Waals surface area (Å²) in [6, 6.07) is 4.33. The zero-order chi connectivity index (χ0) is 18.5. The monoisotopic (exact) mass is 357 g/mol. The first-order valence-corrected chi connectivity index (χ1v) is 9.96. The number of aryl methyl sites for hydroxylation is 2. The van der Waals surface area contributed by atoms with Crippen LogP contribution in [-0.2, 0) is 4.74 Å². The normalized spacial score (nSPS) is 20.4. The average Bonchev–Trinajstić information content (AvgIpc) is 3.04. The van der Waals surface area contributed by atoms with E-state index >= 15 is 0 Å². The van der Waals surface area contributed by atoms with Crippen molar-refractivity contribution >= 4 is 11.4 Å². The molecule has 1 amide bonds. The van der Waals surface area contributed by atoms with Crippen molar-refractivity contribution in [3.8, 4) is 0 Å². The number of hydrogen-bond acceptors (Lipinski definition) is 3. The number of carbonyl (C=O) groups is 1. The number of nitrogens with zero attached hydrogens (tertiary/aromatic N) is 2. The van der Waals surface area contributed by atoms with Crippen LogP contribution in [-0.4, -0.2) is 34.3 Å². The second-order valence-electron chi connectivity index (χ2n) is 7.55. The molecule has 1 aliphatic rings. The van der Waals surface area contributed by atoms with E-state index in [-0.39, 0.29) is 11.9 Å². The SMILES string of the molecule is CCCCCOC1CCC(NC(=O)c2cnn3c(C)cc(C)cc23)CC1. The molecule has 1 fully saturated rings. The molecule has 0 spiro atoms. The van der Waals surface area contributed by atoms with Gasteiger partial charge in [0.15, 0.2) is 0 Å². The van der Waals surface area contributed by atoms with E-state index < -0.39 is 0 Å². The maximum absolute atomic E-state index is 12.7. The van der Waals surface area contributed by atoms with E-state index in [1.165, 1.54) is 12.8 Å². The summed E-state index contributed by atoms with van der Waals surface area (Å²) in [5, 5.41) is 7.57. The number of amides is 1. The Morgan fingerprint density at radius 3 is 2.73 bits per heavy atom. The lowest BCUT2D eigenvalue weighted by molar-refractivity contribution is 0.0205. The van der Waals surface area contributed by atoms with Gasteiger partial charge in [0.05, 0.1) is 23.4 Å². The summed E-state index contributed by atoms with van der Waals surface area (Å²) in [6.45, 7) is 7.14. The van der Waals surface area contributed by atoms with E-state index in [0.29, 0.717) is 11.7 Å². The molecule has 0 aliphatic heterocycles. The Morgan fingerprint density at radius 2 is 2.00 bits per heavy atom. The number of unbranched alkanes of at least 4 members (excludes halogenated alkanes) is 2. The fourth-order valence-electron chi connectivity index (χ4n) is 3.84. The highest BCUT2D eigenvalue weighted by molar-refractivity contribution is 6.00. The van der Waals surface area contributed by atoms with Gasteiger partial charge in [-0.15, -0.1) is 0 Å². The Labute approximate surface area is 156 Å². The van der Waals surface area contributed by atoms with E-state index in [9.17, 15) is 4.79 Å². The molecule has 0 radical (unpaired) electrons. The van der Waals surface area contributed by atoms with Crippen LogP contribution < -0.4 is 5.32 Å². The van der Waals surface area contributed by atoms with Crippen molar-refractivity contribution in [2.24, 2.45) is 0 Å². The van der Waals surface area contributed by atoms with E-state index in [2.05, 4.69) is 23.4 Å². The number of fused-ring (bicyclic) bond motifs is 1. The van der Waals surface area contributed by atoms with E-state index in [0.717, 1.165) is 55.5 Å². The van der Waals surface area contributed by atoms with Gasteiger partial charge in [-0.3, -0.25) is 4.79 Å². The van der Waals surface area contributed by atoms with Crippen LogP contribution in [0.15, 0.2) is 18.3 Å². The summed E-state index contributed by atoms with van der Waals surface area (Å²) in [4.78, 5) is 12.7. The zero-order valence-electron chi connectivity index (χ0n) is 16.3. The molecule has 0 unspecified atom stereocenters. The van der Waals surface area contributed by atoms with Crippen LogP contribution in [0.4, 0.5) is 0 Å². The zero-order valence-corrected chi connectivity index (χ0v) is 16.3. The molecule has 1 aliphatic carbocycles. The Morgan fingerprint density at radius 1 is 1.23 bits per heavy atom. The molecular weight excluding hydrogens is 326 g/mol. The predicted octanol–water partition coefficient (Wildman–Crippen LogP) is 4.20. The second-order valence-corrected chi connectivity index (χ2v) is 7.55. The minimum Gasteiger partial charge on any atom is -0.378 e. The van der Waals surface area contributed by atoms with Crippen LogP contribution in [0.3, 0.4) is 0 Å².